The molecule has 0 aromatic rings. The first-order chi connectivity index (χ1) is 8.59. The third-order valence-electron chi connectivity index (χ3n) is 4.42. The molecule has 0 aliphatic carbocycles. The maximum atomic E-state index is 5.77. The van der Waals surface area contributed by atoms with E-state index >= 15 is 0 Å². The van der Waals surface area contributed by atoms with Crippen LogP contribution in [0.1, 0.15) is 40.0 Å². The molecule has 2 aliphatic rings. The summed E-state index contributed by atoms with van der Waals surface area (Å²) in [6, 6.07) is 0. The topological polar surface area (TPSA) is 15.7 Å². The summed E-state index contributed by atoms with van der Waals surface area (Å²) < 4.78 is 5.77. The van der Waals surface area contributed by atoms with E-state index in [1.54, 1.807) is 0 Å². The molecule has 0 aromatic carbocycles. The van der Waals surface area contributed by atoms with Gasteiger partial charge in [-0.1, -0.05) is 13.3 Å². The molecular weight excluding hydrogens is 224 g/mol. The SMILES string of the molecule is CC[C@H]1CCCN(CCN2CCOC(C)(C)C2)C1. The number of nitrogens with zero attached hydrogens (tertiary/aromatic N) is 2. The molecular formula is C15H30N2O. The lowest BCUT2D eigenvalue weighted by Gasteiger charge is -2.40. The highest BCUT2D eigenvalue weighted by molar-refractivity contribution is 4.80. The van der Waals surface area contributed by atoms with Gasteiger partial charge in [0, 0.05) is 32.7 Å². The van der Waals surface area contributed by atoms with Crippen LogP contribution in [0.3, 0.4) is 0 Å². The van der Waals surface area contributed by atoms with Gasteiger partial charge in [0.25, 0.3) is 0 Å². The molecule has 2 saturated heterocycles. The summed E-state index contributed by atoms with van der Waals surface area (Å²) in [4.78, 5) is 5.24. The molecule has 0 bridgehead atoms. The van der Waals surface area contributed by atoms with Crippen LogP contribution in [-0.2, 0) is 4.74 Å². The van der Waals surface area contributed by atoms with Crippen molar-refractivity contribution in [1.29, 1.82) is 0 Å². The Bertz CT molecular complexity index is 255. The standard InChI is InChI=1S/C15H30N2O/c1-4-14-6-5-7-16(12-14)8-9-17-10-11-18-15(2,3)13-17/h14H,4-13H2,1-3H3/t14-/m0/s1. The Balaban J connectivity index is 1.70. The van der Waals surface area contributed by atoms with Crippen LogP contribution in [0, 0.1) is 5.92 Å². The van der Waals surface area contributed by atoms with Crippen LogP contribution in [-0.4, -0.2) is 61.3 Å². The average molecular weight is 254 g/mol. The van der Waals surface area contributed by atoms with Gasteiger partial charge < -0.3 is 9.64 Å². The number of morpholine rings is 1. The quantitative estimate of drug-likeness (QED) is 0.765. The molecule has 0 amide bonds. The van der Waals surface area contributed by atoms with Crippen molar-refractivity contribution in [2.45, 2.75) is 45.6 Å². The van der Waals surface area contributed by atoms with Gasteiger partial charge in [-0.3, -0.25) is 4.90 Å². The Morgan fingerprint density at radius 2 is 1.94 bits per heavy atom. The first kappa shape index (κ1) is 14.3. The van der Waals surface area contributed by atoms with Crippen molar-refractivity contribution in [3.8, 4) is 0 Å². The normalized spacial score (nSPS) is 30.5. The van der Waals surface area contributed by atoms with E-state index in [-0.39, 0.29) is 5.60 Å². The molecule has 1 atom stereocenters. The van der Waals surface area contributed by atoms with Gasteiger partial charge in [0.05, 0.1) is 12.2 Å². The summed E-state index contributed by atoms with van der Waals surface area (Å²) in [7, 11) is 0. The first-order valence-electron chi connectivity index (χ1n) is 7.68. The molecule has 0 saturated carbocycles. The van der Waals surface area contributed by atoms with Crippen LogP contribution in [0.4, 0.5) is 0 Å². The second-order valence-corrected chi connectivity index (χ2v) is 6.60. The second kappa shape index (κ2) is 6.36. The molecule has 3 nitrogen and oxygen atoms in total. The zero-order valence-corrected chi connectivity index (χ0v) is 12.5. The number of hydrogen-bond acceptors (Lipinski definition) is 3. The predicted molar refractivity (Wildman–Crippen MR) is 75.9 cm³/mol. The lowest BCUT2D eigenvalue weighted by Crippen LogP contribution is -2.50. The number of ether oxygens (including phenoxy) is 1. The minimum Gasteiger partial charge on any atom is -0.373 e. The predicted octanol–water partition coefficient (Wildman–Crippen LogP) is 2.22. The summed E-state index contributed by atoms with van der Waals surface area (Å²) in [5.41, 5.74) is 0.0477. The van der Waals surface area contributed by atoms with Gasteiger partial charge in [-0.15, -0.1) is 0 Å². The molecule has 0 spiro atoms. The summed E-state index contributed by atoms with van der Waals surface area (Å²) in [5.74, 6) is 0.944. The molecule has 0 aromatic heterocycles. The second-order valence-electron chi connectivity index (χ2n) is 6.60. The van der Waals surface area contributed by atoms with E-state index in [1.807, 2.05) is 0 Å². The van der Waals surface area contributed by atoms with Gasteiger partial charge in [0.15, 0.2) is 0 Å². The fourth-order valence-electron chi connectivity index (χ4n) is 3.28. The van der Waals surface area contributed by atoms with Crippen LogP contribution in [0.5, 0.6) is 0 Å². The van der Waals surface area contributed by atoms with Gasteiger partial charge in [0.1, 0.15) is 0 Å². The summed E-state index contributed by atoms with van der Waals surface area (Å²) >= 11 is 0. The summed E-state index contributed by atoms with van der Waals surface area (Å²) in [6.07, 6.45) is 4.19. The van der Waals surface area contributed by atoms with Crippen molar-refractivity contribution < 1.29 is 4.74 Å². The minimum absolute atomic E-state index is 0.0477. The highest BCUT2D eigenvalue weighted by Crippen LogP contribution is 2.20. The maximum Gasteiger partial charge on any atom is 0.0753 e. The number of likely N-dealkylation sites (tertiary alicyclic amines) is 1. The average Bonchev–Trinajstić information content (AvgIpc) is 2.35. The summed E-state index contributed by atoms with van der Waals surface area (Å²) in [6.45, 7) is 14.9. The lowest BCUT2D eigenvalue weighted by atomic mass is 9.96. The van der Waals surface area contributed by atoms with Crippen LogP contribution in [0.25, 0.3) is 0 Å². The Morgan fingerprint density at radius 3 is 2.67 bits per heavy atom. The fraction of sp³-hybridized carbons (Fsp3) is 1.00. The molecule has 2 aliphatic heterocycles. The van der Waals surface area contributed by atoms with Crippen molar-refractivity contribution in [3.63, 3.8) is 0 Å². The van der Waals surface area contributed by atoms with Crippen molar-refractivity contribution >= 4 is 0 Å². The van der Waals surface area contributed by atoms with Gasteiger partial charge in [0.2, 0.25) is 0 Å². The van der Waals surface area contributed by atoms with E-state index < -0.39 is 0 Å². The highest BCUT2D eigenvalue weighted by Gasteiger charge is 2.27. The van der Waals surface area contributed by atoms with Crippen molar-refractivity contribution in [2.24, 2.45) is 5.92 Å². The Morgan fingerprint density at radius 1 is 1.17 bits per heavy atom. The Kier molecular flexibility index (Phi) is 5.05. The molecule has 2 fully saturated rings. The fourth-order valence-corrected chi connectivity index (χ4v) is 3.28. The molecule has 106 valence electrons. The number of rotatable bonds is 4. The van der Waals surface area contributed by atoms with Gasteiger partial charge in [-0.25, -0.2) is 0 Å². The van der Waals surface area contributed by atoms with Crippen LogP contribution in [0.2, 0.25) is 0 Å². The molecule has 2 rings (SSSR count). The maximum absolute atomic E-state index is 5.77. The smallest absolute Gasteiger partial charge is 0.0753 e. The van der Waals surface area contributed by atoms with Crippen molar-refractivity contribution in [3.05, 3.63) is 0 Å². The van der Waals surface area contributed by atoms with Crippen molar-refractivity contribution in [1.82, 2.24) is 9.80 Å². The lowest BCUT2D eigenvalue weighted by molar-refractivity contribution is -0.0874. The molecule has 0 N–H and O–H groups in total. The van der Waals surface area contributed by atoms with E-state index in [9.17, 15) is 0 Å². The number of piperidine rings is 1. The highest BCUT2D eigenvalue weighted by atomic mass is 16.5. The monoisotopic (exact) mass is 254 g/mol. The largest absolute Gasteiger partial charge is 0.373 e. The van der Waals surface area contributed by atoms with E-state index in [0.29, 0.717) is 0 Å². The van der Waals surface area contributed by atoms with E-state index in [1.165, 1.54) is 45.4 Å². The van der Waals surface area contributed by atoms with Crippen LogP contribution < -0.4 is 0 Å². The Hall–Kier alpha value is -0.120. The van der Waals surface area contributed by atoms with E-state index in [0.717, 1.165) is 25.6 Å². The molecule has 18 heavy (non-hydrogen) atoms. The molecule has 2 heterocycles. The van der Waals surface area contributed by atoms with E-state index in [4.69, 9.17) is 4.74 Å². The molecule has 0 radical (unpaired) electrons. The third-order valence-corrected chi connectivity index (χ3v) is 4.42. The Labute approximate surface area is 112 Å². The van der Waals surface area contributed by atoms with Crippen LogP contribution >= 0.6 is 0 Å². The number of hydrogen-bond donors (Lipinski definition) is 0. The molecule has 3 heteroatoms. The van der Waals surface area contributed by atoms with Crippen molar-refractivity contribution in [2.75, 3.05) is 45.9 Å². The van der Waals surface area contributed by atoms with Crippen LogP contribution in [0.15, 0.2) is 0 Å². The minimum atomic E-state index is 0.0477. The van der Waals surface area contributed by atoms with Gasteiger partial charge in [-0.05, 0) is 39.2 Å². The summed E-state index contributed by atoms with van der Waals surface area (Å²) in [5, 5.41) is 0. The zero-order valence-electron chi connectivity index (χ0n) is 12.5. The third kappa shape index (κ3) is 4.22. The van der Waals surface area contributed by atoms with Gasteiger partial charge in [-0.2, -0.15) is 0 Å². The van der Waals surface area contributed by atoms with Gasteiger partial charge >= 0.3 is 0 Å². The zero-order chi connectivity index (χ0) is 13.0. The first-order valence-corrected chi connectivity index (χ1v) is 7.68. The molecule has 0 unspecified atom stereocenters. The van der Waals surface area contributed by atoms with E-state index in [2.05, 4.69) is 30.6 Å².